The molecule has 4 aromatic rings. The average Bonchev–Trinajstić information content (AvgIpc) is 3.19. The third-order valence-corrected chi connectivity index (χ3v) is 5.56. The lowest BCUT2D eigenvalue weighted by Crippen LogP contribution is -2.17. The Balaban J connectivity index is 1.40. The van der Waals surface area contributed by atoms with Gasteiger partial charge in [-0.3, -0.25) is 9.20 Å². The van der Waals surface area contributed by atoms with Gasteiger partial charge in [-0.25, -0.2) is 0 Å². The summed E-state index contributed by atoms with van der Waals surface area (Å²) < 4.78 is 43.2. The van der Waals surface area contributed by atoms with Gasteiger partial charge in [0.25, 0.3) is 0 Å². The quantitative estimate of drug-likeness (QED) is 0.475. The van der Waals surface area contributed by atoms with Crippen LogP contribution in [0.1, 0.15) is 0 Å². The van der Waals surface area contributed by atoms with Crippen molar-refractivity contribution in [3.8, 4) is 5.75 Å². The van der Waals surface area contributed by atoms with Crippen LogP contribution in [0.2, 0.25) is 0 Å². The number of ether oxygens (including phenoxy) is 1. The number of nitrogens with zero attached hydrogens (tertiary/aromatic N) is 3. The summed E-state index contributed by atoms with van der Waals surface area (Å²) in [6.45, 7) is 0. The second kappa shape index (κ2) is 7.32. The summed E-state index contributed by atoms with van der Waals surface area (Å²) in [5, 5.41) is 11.5. The first-order valence-electron chi connectivity index (χ1n) is 7.90. The van der Waals surface area contributed by atoms with Crippen LogP contribution in [0.4, 0.5) is 18.9 Å². The van der Waals surface area contributed by atoms with Crippen LogP contribution in [-0.2, 0) is 4.79 Å². The van der Waals surface area contributed by atoms with Crippen LogP contribution >= 0.6 is 23.1 Å². The molecule has 0 spiro atoms. The fourth-order valence-electron chi connectivity index (χ4n) is 2.52. The van der Waals surface area contributed by atoms with Crippen molar-refractivity contribution in [1.82, 2.24) is 14.6 Å². The molecule has 0 saturated heterocycles. The van der Waals surface area contributed by atoms with E-state index < -0.39 is 6.36 Å². The maximum absolute atomic E-state index is 12.2. The summed E-state index contributed by atoms with van der Waals surface area (Å²) in [5.41, 5.74) is 1.34. The number of thioether (sulfide) groups is 1. The van der Waals surface area contributed by atoms with Crippen molar-refractivity contribution in [2.24, 2.45) is 0 Å². The number of carbonyl (C=O) groups excluding carboxylic acids is 1. The number of nitrogens with one attached hydrogen (secondary N) is 1. The third kappa shape index (κ3) is 4.04. The minimum Gasteiger partial charge on any atom is -0.406 e. The molecule has 144 valence electrons. The molecule has 0 aliphatic carbocycles. The van der Waals surface area contributed by atoms with E-state index in [2.05, 4.69) is 20.3 Å². The molecule has 11 heteroatoms. The van der Waals surface area contributed by atoms with Crippen molar-refractivity contribution in [2.75, 3.05) is 11.1 Å². The minimum absolute atomic E-state index is 0.0752. The summed E-state index contributed by atoms with van der Waals surface area (Å²) in [7, 11) is 0. The maximum atomic E-state index is 12.2. The van der Waals surface area contributed by atoms with E-state index in [1.54, 1.807) is 0 Å². The smallest absolute Gasteiger partial charge is 0.406 e. The third-order valence-electron chi connectivity index (χ3n) is 3.62. The Morgan fingerprint density at radius 2 is 1.89 bits per heavy atom. The second-order valence-corrected chi connectivity index (χ2v) is 7.53. The number of aromatic nitrogens is 3. The first-order valence-corrected chi connectivity index (χ1v) is 9.70. The number of amides is 1. The van der Waals surface area contributed by atoms with Crippen molar-refractivity contribution in [2.45, 2.75) is 11.5 Å². The van der Waals surface area contributed by atoms with Crippen molar-refractivity contribution in [1.29, 1.82) is 0 Å². The standard InChI is InChI=1S/C17H11F3N4O2S2/c18-17(19,20)26-11-7-5-10(6-8-11)21-14(25)9-27-15-22-23-16-24(15)12-3-1-2-4-13(12)28-16/h1-8H,9H2,(H,21,25). The van der Waals surface area contributed by atoms with Crippen LogP contribution in [0, 0.1) is 0 Å². The zero-order valence-electron chi connectivity index (χ0n) is 13.9. The van der Waals surface area contributed by atoms with Crippen LogP contribution in [0.25, 0.3) is 15.2 Å². The topological polar surface area (TPSA) is 68.5 Å². The molecule has 0 aliphatic rings. The van der Waals surface area contributed by atoms with E-state index in [0.29, 0.717) is 10.8 Å². The number of thiazole rings is 1. The molecule has 6 nitrogen and oxygen atoms in total. The van der Waals surface area contributed by atoms with Gasteiger partial charge < -0.3 is 10.1 Å². The second-order valence-electron chi connectivity index (χ2n) is 5.58. The van der Waals surface area contributed by atoms with E-state index >= 15 is 0 Å². The van der Waals surface area contributed by atoms with Gasteiger partial charge in [-0.2, -0.15) is 0 Å². The van der Waals surface area contributed by atoms with Crippen molar-refractivity contribution in [3.63, 3.8) is 0 Å². The zero-order chi connectivity index (χ0) is 19.7. The Morgan fingerprint density at radius 3 is 2.64 bits per heavy atom. The summed E-state index contributed by atoms with van der Waals surface area (Å²) >= 11 is 2.73. The first kappa shape index (κ1) is 18.6. The molecular formula is C17H11F3N4O2S2. The van der Waals surface area contributed by atoms with Crippen LogP contribution in [0.15, 0.2) is 53.7 Å². The minimum atomic E-state index is -4.75. The summed E-state index contributed by atoms with van der Waals surface area (Å²) in [6, 6.07) is 12.7. The predicted octanol–water partition coefficient (Wildman–Crippen LogP) is 4.57. The summed E-state index contributed by atoms with van der Waals surface area (Å²) in [6.07, 6.45) is -4.75. The van der Waals surface area contributed by atoms with Gasteiger partial charge >= 0.3 is 6.36 Å². The molecular weight excluding hydrogens is 413 g/mol. The number of hydrogen-bond donors (Lipinski definition) is 1. The molecule has 0 saturated carbocycles. The van der Waals surface area contributed by atoms with Crippen molar-refractivity contribution < 1.29 is 22.7 Å². The first-order chi connectivity index (χ1) is 13.4. The molecule has 1 N–H and O–H groups in total. The highest BCUT2D eigenvalue weighted by Crippen LogP contribution is 2.29. The van der Waals surface area contributed by atoms with E-state index in [4.69, 9.17) is 0 Å². The molecule has 4 rings (SSSR count). The molecule has 2 aromatic heterocycles. The Morgan fingerprint density at radius 1 is 1.14 bits per heavy atom. The Hall–Kier alpha value is -2.79. The van der Waals surface area contributed by atoms with E-state index in [1.165, 1.54) is 35.2 Å². The van der Waals surface area contributed by atoms with Gasteiger partial charge in [0, 0.05) is 5.69 Å². The van der Waals surface area contributed by atoms with Crippen molar-refractivity contribution in [3.05, 3.63) is 48.5 Å². The van der Waals surface area contributed by atoms with Gasteiger partial charge in [-0.15, -0.1) is 23.4 Å². The highest BCUT2D eigenvalue weighted by Gasteiger charge is 2.30. The molecule has 0 atom stereocenters. The van der Waals surface area contributed by atoms with Gasteiger partial charge in [0.05, 0.1) is 16.0 Å². The number of alkyl halides is 3. The maximum Gasteiger partial charge on any atom is 0.573 e. The number of fused-ring (bicyclic) bond motifs is 3. The Kier molecular flexibility index (Phi) is 4.85. The van der Waals surface area contributed by atoms with Crippen LogP contribution in [0.5, 0.6) is 5.75 Å². The molecule has 0 fully saturated rings. The molecule has 1 amide bonds. The fourth-order valence-corrected chi connectivity index (χ4v) is 4.28. The van der Waals surface area contributed by atoms with E-state index in [-0.39, 0.29) is 17.4 Å². The lowest BCUT2D eigenvalue weighted by molar-refractivity contribution is -0.274. The monoisotopic (exact) mass is 424 g/mol. The summed E-state index contributed by atoms with van der Waals surface area (Å²) in [4.78, 5) is 12.9. The normalized spacial score (nSPS) is 11.8. The van der Waals surface area contributed by atoms with Gasteiger partial charge in [0.15, 0.2) is 5.16 Å². The lowest BCUT2D eigenvalue weighted by Gasteiger charge is -2.09. The van der Waals surface area contributed by atoms with Gasteiger partial charge in [-0.1, -0.05) is 35.2 Å². The van der Waals surface area contributed by atoms with Gasteiger partial charge in [0.1, 0.15) is 5.75 Å². The molecule has 0 unspecified atom stereocenters. The largest absolute Gasteiger partial charge is 0.573 e. The van der Waals surface area contributed by atoms with E-state index in [0.717, 1.165) is 27.3 Å². The number of para-hydroxylation sites is 1. The highest BCUT2D eigenvalue weighted by atomic mass is 32.2. The molecule has 0 radical (unpaired) electrons. The summed E-state index contributed by atoms with van der Waals surface area (Å²) in [5.74, 6) is -0.591. The van der Waals surface area contributed by atoms with E-state index in [9.17, 15) is 18.0 Å². The lowest BCUT2D eigenvalue weighted by atomic mass is 10.3. The number of anilines is 1. The Bertz CT molecular complexity index is 1140. The van der Waals surface area contributed by atoms with Gasteiger partial charge in [-0.05, 0) is 36.4 Å². The highest BCUT2D eigenvalue weighted by molar-refractivity contribution is 7.99. The van der Waals surface area contributed by atoms with Crippen molar-refractivity contribution >= 4 is 49.9 Å². The average molecular weight is 424 g/mol. The molecule has 28 heavy (non-hydrogen) atoms. The predicted molar refractivity (Wildman–Crippen MR) is 101 cm³/mol. The number of halogens is 3. The fraction of sp³-hybridized carbons (Fsp3) is 0.118. The van der Waals surface area contributed by atoms with Crippen LogP contribution in [0.3, 0.4) is 0 Å². The van der Waals surface area contributed by atoms with Crippen LogP contribution < -0.4 is 10.1 Å². The SMILES string of the molecule is O=C(CSc1nnc2sc3ccccc3n12)Nc1ccc(OC(F)(F)F)cc1. The number of rotatable bonds is 5. The van der Waals surface area contributed by atoms with E-state index in [1.807, 2.05) is 28.7 Å². The number of hydrogen-bond acceptors (Lipinski definition) is 6. The van der Waals surface area contributed by atoms with Gasteiger partial charge in [0.2, 0.25) is 10.9 Å². The molecule has 0 aliphatic heterocycles. The zero-order valence-corrected chi connectivity index (χ0v) is 15.6. The molecule has 0 bridgehead atoms. The van der Waals surface area contributed by atoms with Crippen LogP contribution in [-0.4, -0.2) is 32.6 Å². The number of carbonyl (C=O) groups is 1. The molecule has 2 aromatic carbocycles. The number of benzene rings is 2. The molecule has 2 heterocycles. The Labute approximate surface area is 164 Å².